The van der Waals surface area contributed by atoms with Crippen molar-refractivity contribution in [1.29, 1.82) is 0 Å². The average molecular weight is 339 g/mol. The highest BCUT2D eigenvalue weighted by atomic mass is 35.5. The number of nitrogens with one attached hydrogen (secondary N) is 1. The first-order valence-electron chi connectivity index (χ1n) is 6.71. The van der Waals surface area contributed by atoms with Gasteiger partial charge in [0.2, 0.25) is 0 Å². The van der Waals surface area contributed by atoms with E-state index in [4.69, 9.17) is 0 Å². The Labute approximate surface area is 133 Å². The van der Waals surface area contributed by atoms with Gasteiger partial charge >= 0.3 is 6.36 Å². The molecule has 22 heavy (non-hydrogen) atoms. The summed E-state index contributed by atoms with van der Waals surface area (Å²) < 4.78 is 40.0. The summed E-state index contributed by atoms with van der Waals surface area (Å²) >= 11 is 0. The molecule has 1 heterocycles. The zero-order valence-corrected chi connectivity index (χ0v) is 12.8. The summed E-state index contributed by atoms with van der Waals surface area (Å²) in [5.41, 5.74) is 0.368. The van der Waals surface area contributed by atoms with Crippen molar-refractivity contribution in [3.05, 3.63) is 29.8 Å². The molecule has 0 radical (unpaired) electrons. The van der Waals surface area contributed by atoms with Gasteiger partial charge in [-0.05, 0) is 44.2 Å². The predicted octanol–water partition coefficient (Wildman–Crippen LogP) is 2.83. The number of rotatable bonds is 3. The Bertz CT molecular complexity index is 486. The van der Waals surface area contributed by atoms with Crippen LogP contribution in [-0.4, -0.2) is 43.3 Å². The molecule has 1 aliphatic rings. The molecule has 1 aromatic carbocycles. The third-order valence-electron chi connectivity index (χ3n) is 3.53. The molecule has 1 fully saturated rings. The monoisotopic (exact) mass is 338 g/mol. The highest BCUT2D eigenvalue weighted by Gasteiger charge is 2.31. The lowest BCUT2D eigenvalue weighted by Gasteiger charge is -2.31. The summed E-state index contributed by atoms with van der Waals surface area (Å²) in [6.07, 6.45) is -2.98. The Morgan fingerprint density at radius 2 is 1.77 bits per heavy atom. The molecule has 0 atom stereocenters. The normalized spacial score (nSPS) is 16.1. The van der Waals surface area contributed by atoms with Gasteiger partial charge in [-0.3, -0.25) is 4.79 Å². The van der Waals surface area contributed by atoms with Gasteiger partial charge in [0.15, 0.2) is 0 Å². The third-order valence-corrected chi connectivity index (χ3v) is 3.53. The molecule has 4 nitrogen and oxygen atoms in total. The second-order valence-corrected chi connectivity index (χ2v) is 4.93. The lowest BCUT2D eigenvalue weighted by molar-refractivity contribution is -0.274. The van der Waals surface area contributed by atoms with Gasteiger partial charge in [-0.2, -0.15) is 0 Å². The van der Waals surface area contributed by atoms with Crippen LogP contribution in [0.3, 0.4) is 0 Å². The van der Waals surface area contributed by atoms with Crippen molar-refractivity contribution in [3.63, 3.8) is 0 Å². The summed E-state index contributed by atoms with van der Waals surface area (Å²) in [6, 6.07) is 5.43. The maximum absolute atomic E-state index is 12.2. The van der Waals surface area contributed by atoms with E-state index in [0.29, 0.717) is 24.7 Å². The molecular weight excluding hydrogens is 321 g/mol. The number of benzene rings is 1. The maximum Gasteiger partial charge on any atom is 0.573 e. The Hall–Kier alpha value is -1.47. The quantitative estimate of drug-likeness (QED) is 0.921. The van der Waals surface area contributed by atoms with Crippen LogP contribution in [0.5, 0.6) is 5.75 Å². The van der Waals surface area contributed by atoms with E-state index < -0.39 is 6.36 Å². The van der Waals surface area contributed by atoms with E-state index >= 15 is 0 Å². The van der Waals surface area contributed by atoms with Crippen molar-refractivity contribution in [2.75, 3.05) is 20.1 Å². The number of carbonyl (C=O) groups excluding carboxylic acids is 1. The number of likely N-dealkylation sites (tertiary alicyclic amines) is 1. The second-order valence-electron chi connectivity index (χ2n) is 4.93. The fourth-order valence-corrected chi connectivity index (χ4v) is 2.35. The summed E-state index contributed by atoms with van der Waals surface area (Å²) in [6.45, 7) is 1.29. The third kappa shape index (κ3) is 5.06. The van der Waals surface area contributed by atoms with Gasteiger partial charge in [0.05, 0.1) is 0 Å². The summed E-state index contributed by atoms with van der Waals surface area (Å²) in [5, 5.41) is 3.17. The molecule has 0 aromatic heterocycles. The molecule has 0 aliphatic carbocycles. The van der Waals surface area contributed by atoms with Gasteiger partial charge in [-0.25, -0.2) is 0 Å². The van der Waals surface area contributed by atoms with Crippen molar-refractivity contribution in [3.8, 4) is 5.75 Å². The Morgan fingerprint density at radius 1 is 1.23 bits per heavy atom. The van der Waals surface area contributed by atoms with Gasteiger partial charge in [0.25, 0.3) is 5.91 Å². The molecule has 1 saturated heterocycles. The number of piperidine rings is 1. The number of ether oxygens (including phenoxy) is 1. The van der Waals surface area contributed by atoms with E-state index in [-0.39, 0.29) is 24.1 Å². The first-order chi connectivity index (χ1) is 9.89. The van der Waals surface area contributed by atoms with E-state index in [1.807, 2.05) is 7.05 Å². The van der Waals surface area contributed by atoms with Crippen LogP contribution < -0.4 is 10.1 Å². The minimum Gasteiger partial charge on any atom is -0.406 e. The molecular formula is C14H18ClF3N2O2. The fraction of sp³-hybridized carbons (Fsp3) is 0.500. The van der Waals surface area contributed by atoms with Crippen molar-refractivity contribution >= 4 is 18.3 Å². The Kier molecular flexibility index (Phi) is 6.49. The van der Waals surface area contributed by atoms with Crippen LogP contribution in [-0.2, 0) is 0 Å². The van der Waals surface area contributed by atoms with E-state index in [9.17, 15) is 18.0 Å². The molecule has 0 spiro atoms. The smallest absolute Gasteiger partial charge is 0.406 e. The largest absolute Gasteiger partial charge is 0.573 e. The van der Waals surface area contributed by atoms with Crippen LogP contribution in [0, 0.1) is 0 Å². The summed E-state index contributed by atoms with van der Waals surface area (Å²) in [7, 11) is 1.89. The lowest BCUT2D eigenvalue weighted by atomic mass is 10.0. The fourth-order valence-electron chi connectivity index (χ4n) is 2.35. The van der Waals surface area contributed by atoms with Crippen LogP contribution in [0.4, 0.5) is 13.2 Å². The van der Waals surface area contributed by atoms with Gasteiger partial charge in [-0.1, -0.05) is 0 Å². The van der Waals surface area contributed by atoms with E-state index in [2.05, 4.69) is 10.1 Å². The number of hydrogen-bond donors (Lipinski definition) is 1. The van der Waals surface area contributed by atoms with E-state index in [0.717, 1.165) is 25.0 Å². The van der Waals surface area contributed by atoms with Crippen LogP contribution in [0.2, 0.25) is 0 Å². The standard InChI is InChI=1S/C14H17F3N2O2.ClH/c1-18-11-6-8-19(9-7-11)13(20)10-2-4-12(5-3-10)21-14(15,16)17;/h2-5,11,18H,6-9H2,1H3;1H. The second kappa shape index (κ2) is 7.69. The maximum atomic E-state index is 12.2. The van der Waals surface area contributed by atoms with Crippen LogP contribution in [0.15, 0.2) is 24.3 Å². The van der Waals surface area contributed by atoms with Crippen molar-refractivity contribution in [2.24, 2.45) is 0 Å². The highest BCUT2D eigenvalue weighted by Crippen LogP contribution is 2.23. The van der Waals surface area contributed by atoms with Gasteiger partial charge in [-0.15, -0.1) is 25.6 Å². The number of halogens is 4. The number of amides is 1. The van der Waals surface area contributed by atoms with Crippen molar-refractivity contribution in [1.82, 2.24) is 10.2 Å². The molecule has 1 amide bonds. The molecule has 124 valence electrons. The molecule has 1 aromatic rings. The van der Waals surface area contributed by atoms with E-state index in [1.54, 1.807) is 4.90 Å². The summed E-state index contributed by atoms with van der Waals surface area (Å²) in [5.74, 6) is -0.490. The van der Waals surface area contributed by atoms with Crippen molar-refractivity contribution < 1.29 is 22.7 Å². The first-order valence-corrected chi connectivity index (χ1v) is 6.71. The Balaban J connectivity index is 0.00000242. The van der Waals surface area contributed by atoms with Gasteiger partial charge in [0, 0.05) is 24.7 Å². The van der Waals surface area contributed by atoms with E-state index in [1.165, 1.54) is 12.1 Å². The number of hydrogen-bond acceptors (Lipinski definition) is 3. The number of carbonyl (C=O) groups is 1. The van der Waals surface area contributed by atoms with Gasteiger partial charge < -0.3 is 15.0 Å². The molecule has 0 unspecified atom stereocenters. The molecule has 0 bridgehead atoms. The minimum absolute atomic E-state index is 0. The SMILES string of the molecule is CNC1CCN(C(=O)c2ccc(OC(F)(F)F)cc2)CC1.Cl. The molecule has 1 N–H and O–H groups in total. The molecule has 2 rings (SSSR count). The Morgan fingerprint density at radius 3 is 2.23 bits per heavy atom. The first kappa shape index (κ1) is 18.6. The van der Waals surface area contributed by atoms with Crippen LogP contribution in [0.1, 0.15) is 23.2 Å². The highest BCUT2D eigenvalue weighted by molar-refractivity contribution is 5.94. The topological polar surface area (TPSA) is 41.6 Å². The van der Waals surface area contributed by atoms with Crippen LogP contribution >= 0.6 is 12.4 Å². The van der Waals surface area contributed by atoms with Gasteiger partial charge in [0.1, 0.15) is 5.75 Å². The number of alkyl halides is 3. The minimum atomic E-state index is -4.72. The molecule has 8 heteroatoms. The lowest BCUT2D eigenvalue weighted by Crippen LogP contribution is -2.43. The predicted molar refractivity (Wildman–Crippen MR) is 78.4 cm³/mol. The molecule has 0 saturated carbocycles. The summed E-state index contributed by atoms with van der Waals surface area (Å²) in [4.78, 5) is 13.9. The average Bonchev–Trinajstić information content (AvgIpc) is 2.46. The number of nitrogens with zero attached hydrogens (tertiary/aromatic N) is 1. The molecule has 1 aliphatic heterocycles. The zero-order valence-electron chi connectivity index (χ0n) is 12.0. The van der Waals surface area contributed by atoms with Crippen molar-refractivity contribution in [2.45, 2.75) is 25.2 Å². The zero-order chi connectivity index (χ0) is 15.5. The van der Waals surface area contributed by atoms with Crippen LogP contribution in [0.25, 0.3) is 0 Å².